The molecule has 22 heavy (non-hydrogen) atoms. The molecule has 0 bridgehead atoms. The van der Waals surface area contributed by atoms with Gasteiger partial charge in [-0.1, -0.05) is 18.2 Å². The third-order valence-electron chi connectivity index (χ3n) is 3.63. The van der Waals surface area contributed by atoms with Gasteiger partial charge in [-0.15, -0.1) is 12.4 Å². The molecule has 0 saturated heterocycles. The molecule has 0 aliphatic heterocycles. The molecule has 0 spiro atoms. The molecule has 0 aliphatic carbocycles. The number of hydrogen-bond acceptors (Lipinski definition) is 2. The maximum absolute atomic E-state index is 4.64. The van der Waals surface area contributed by atoms with Crippen molar-refractivity contribution in [2.75, 3.05) is 5.32 Å². The Labute approximate surface area is 134 Å². The van der Waals surface area contributed by atoms with Crippen LogP contribution in [0.25, 0.3) is 21.8 Å². The largest absolute Gasteiger partial charge is 0.359 e. The lowest BCUT2D eigenvalue weighted by Crippen LogP contribution is -1.93. The molecule has 2 aromatic heterocycles. The predicted octanol–water partition coefficient (Wildman–Crippen LogP) is 5.19. The first kappa shape index (κ1) is 14.4. The average Bonchev–Trinajstić information content (AvgIpc) is 2.86. The number of aryl methyl sites for hydroxylation is 1. The maximum Gasteiger partial charge on any atom is 0.131 e. The number of para-hydroxylation sites is 1. The van der Waals surface area contributed by atoms with Gasteiger partial charge in [0.2, 0.25) is 0 Å². The summed E-state index contributed by atoms with van der Waals surface area (Å²) < 4.78 is 0. The van der Waals surface area contributed by atoms with Crippen molar-refractivity contribution in [3.05, 3.63) is 66.4 Å². The van der Waals surface area contributed by atoms with E-state index in [1.54, 1.807) is 0 Å². The number of benzene rings is 2. The number of H-pyrrole nitrogens is 1. The van der Waals surface area contributed by atoms with Crippen molar-refractivity contribution in [2.45, 2.75) is 6.92 Å². The lowest BCUT2D eigenvalue weighted by Gasteiger charge is -2.07. The van der Waals surface area contributed by atoms with Crippen molar-refractivity contribution in [2.24, 2.45) is 0 Å². The lowest BCUT2D eigenvalue weighted by molar-refractivity contribution is 1.30. The molecule has 0 radical (unpaired) electrons. The predicted molar refractivity (Wildman–Crippen MR) is 95.3 cm³/mol. The van der Waals surface area contributed by atoms with Crippen LogP contribution in [-0.4, -0.2) is 9.97 Å². The van der Waals surface area contributed by atoms with E-state index >= 15 is 0 Å². The van der Waals surface area contributed by atoms with Gasteiger partial charge in [0.25, 0.3) is 0 Å². The molecule has 0 atom stereocenters. The fraction of sp³-hybridized carbons (Fsp3) is 0.0556. The van der Waals surface area contributed by atoms with Crippen LogP contribution < -0.4 is 5.32 Å². The van der Waals surface area contributed by atoms with Gasteiger partial charge in [-0.2, -0.15) is 0 Å². The number of aromatic amines is 1. The minimum absolute atomic E-state index is 0. The fourth-order valence-electron chi connectivity index (χ4n) is 2.64. The highest BCUT2D eigenvalue weighted by Crippen LogP contribution is 2.23. The molecule has 4 rings (SSSR count). The highest BCUT2D eigenvalue weighted by molar-refractivity contribution is 5.86. The quantitative estimate of drug-likeness (QED) is 0.535. The molecule has 0 unspecified atom stereocenters. The van der Waals surface area contributed by atoms with E-state index < -0.39 is 0 Å². The van der Waals surface area contributed by atoms with Crippen LogP contribution in [-0.2, 0) is 0 Å². The Bertz CT molecular complexity index is 943. The van der Waals surface area contributed by atoms with Crippen LogP contribution in [0.15, 0.2) is 60.7 Å². The number of fused-ring (bicyclic) bond motifs is 2. The number of rotatable bonds is 2. The number of aromatic nitrogens is 2. The highest BCUT2D eigenvalue weighted by atomic mass is 35.5. The van der Waals surface area contributed by atoms with E-state index in [-0.39, 0.29) is 12.4 Å². The van der Waals surface area contributed by atoms with Crippen LogP contribution in [0, 0.1) is 6.92 Å². The zero-order chi connectivity index (χ0) is 14.2. The summed E-state index contributed by atoms with van der Waals surface area (Å²) in [5, 5.41) is 5.73. The summed E-state index contributed by atoms with van der Waals surface area (Å²) in [4.78, 5) is 7.97. The van der Waals surface area contributed by atoms with Crippen LogP contribution in [0.5, 0.6) is 0 Å². The second-order valence-corrected chi connectivity index (χ2v) is 5.27. The Morgan fingerprint density at radius 3 is 2.68 bits per heavy atom. The van der Waals surface area contributed by atoms with Crippen LogP contribution >= 0.6 is 12.4 Å². The Morgan fingerprint density at radius 2 is 1.77 bits per heavy atom. The molecular weight excluding hydrogens is 294 g/mol. The molecule has 2 N–H and O–H groups in total. The van der Waals surface area contributed by atoms with Gasteiger partial charge in [0, 0.05) is 27.7 Å². The lowest BCUT2D eigenvalue weighted by atomic mass is 10.2. The normalized spacial score (nSPS) is 10.6. The van der Waals surface area contributed by atoms with Gasteiger partial charge in [0.15, 0.2) is 0 Å². The van der Waals surface area contributed by atoms with Crippen molar-refractivity contribution in [3.63, 3.8) is 0 Å². The van der Waals surface area contributed by atoms with Crippen molar-refractivity contribution >= 4 is 45.7 Å². The molecule has 0 aliphatic rings. The maximum atomic E-state index is 4.64. The molecule has 3 nitrogen and oxygen atoms in total. The van der Waals surface area contributed by atoms with E-state index in [4.69, 9.17) is 0 Å². The third-order valence-corrected chi connectivity index (χ3v) is 3.63. The molecule has 4 heteroatoms. The third kappa shape index (κ3) is 2.63. The molecule has 0 amide bonds. The number of hydrogen-bond donors (Lipinski definition) is 2. The van der Waals surface area contributed by atoms with Gasteiger partial charge >= 0.3 is 0 Å². The van der Waals surface area contributed by atoms with E-state index in [0.29, 0.717) is 0 Å². The van der Waals surface area contributed by atoms with Gasteiger partial charge in [-0.25, -0.2) is 4.98 Å². The molecule has 110 valence electrons. The first-order chi connectivity index (χ1) is 10.3. The summed E-state index contributed by atoms with van der Waals surface area (Å²) in [6.45, 7) is 2.07. The second-order valence-electron chi connectivity index (χ2n) is 5.27. The molecule has 0 saturated carbocycles. The first-order valence-electron chi connectivity index (χ1n) is 7.00. The summed E-state index contributed by atoms with van der Waals surface area (Å²) in [5.41, 5.74) is 4.38. The van der Waals surface area contributed by atoms with Crippen molar-refractivity contribution in [1.29, 1.82) is 0 Å². The number of pyridine rings is 1. The Balaban J connectivity index is 0.00000144. The van der Waals surface area contributed by atoms with Gasteiger partial charge < -0.3 is 10.3 Å². The smallest absolute Gasteiger partial charge is 0.131 e. The zero-order valence-electron chi connectivity index (χ0n) is 12.1. The number of anilines is 2. The molecule has 0 fully saturated rings. The van der Waals surface area contributed by atoms with Gasteiger partial charge in [-0.3, -0.25) is 0 Å². The van der Waals surface area contributed by atoms with E-state index in [1.165, 1.54) is 11.1 Å². The SMILES string of the molecule is Cc1cc2cc(Nc3ccc4ccccc4n3)ccc2[nH]1.Cl. The topological polar surface area (TPSA) is 40.7 Å². The molecule has 2 heterocycles. The van der Waals surface area contributed by atoms with E-state index in [0.717, 1.165) is 27.9 Å². The summed E-state index contributed by atoms with van der Waals surface area (Å²) in [6, 6.07) is 20.7. The highest BCUT2D eigenvalue weighted by Gasteiger charge is 2.02. The summed E-state index contributed by atoms with van der Waals surface area (Å²) in [5.74, 6) is 0.861. The van der Waals surface area contributed by atoms with Crippen LogP contribution in [0.1, 0.15) is 5.69 Å². The van der Waals surface area contributed by atoms with E-state index in [2.05, 4.69) is 58.6 Å². The van der Waals surface area contributed by atoms with E-state index in [1.807, 2.05) is 24.3 Å². The summed E-state index contributed by atoms with van der Waals surface area (Å²) >= 11 is 0. The Morgan fingerprint density at radius 1 is 0.909 bits per heavy atom. The zero-order valence-corrected chi connectivity index (χ0v) is 12.9. The molecule has 2 aromatic carbocycles. The minimum atomic E-state index is 0. The first-order valence-corrected chi connectivity index (χ1v) is 7.00. The molecule has 4 aromatic rings. The van der Waals surface area contributed by atoms with Gasteiger partial charge in [-0.05, 0) is 49.4 Å². The van der Waals surface area contributed by atoms with Crippen molar-refractivity contribution in [1.82, 2.24) is 9.97 Å². The average molecular weight is 310 g/mol. The van der Waals surface area contributed by atoms with Crippen molar-refractivity contribution in [3.8, 4) is 0 Å². The van der Waals surface area contributed by atoms with Crippen LogP contribution in [0.4, 0.5) is 11.5 Å². The number of halogens is 1. The second kappa shape index (κ2) is 5.70. The van der Waals surface area contributed by atoms with Crippen molar-refractivity contribution < 1.29 is 0 Å². The number of nitrogens with zero attached hydrogens (tertiary/aromatic N) is 1. The van der Waals surface area contributed by atoms with Crippen LogP contribution in [0.2, 0.25) is 0 Å². The van der Waals surface area contributed by atoms with E-state index in [9.17, 15) is 0 Å². The Kier molecular flexibility index (Phi) is 3.73. The van der Waals surface area contributed by atoms with Gasteiger partial charge in [0.1, 0.15) is 5.82 Å². The Hall–Kier alpha value is -2.52. The minimum Gasteiger partial charge on any atom is -0.359 e. The van der Waals surface area contributed by atoms with Gasteiger partial charge in [0.05, 0.1) is 5.52 Å². The summed E-state index contributed by atoms with van der Waals surface area (Å²) in [7, 11) is 0. The number of nitrogens with one attached hydrogen (secondary N) is 2. The molecular formula is C18H16ClN3. The fourth-order valence-corrected chi connectivity index (χ4v) is 2.64. The monoisotopic (exact) mass is 309 g/mol. The standard InChI is InChI=1S/C18H15N3.ClH/c1-12-10-14-11-15(7-8-17(14)19-12)20-18-9-6-13-4-2-3-5-16(13)21-18;/h2-11,19H,1H3,(H,20,21);1H. The van der Waals surface area contributed by atoms with Crippen LogP contribution in [0.3, 0.4) is 0 Å². The summed E-state index contributed by atoms with van der Waals surface area (Å²) in [6.07, 6.45) is 0.